The second-order valence-electron chi connectivity index (χ2n) is 7.44. The second kappa shape index (κ2) is 8.07. The lowest BCUT2D eigenvalue weighted by Gasteiger charge is -2.43. The van der Waals surface area contributed by atoms with Gasteiger partial charge in [-0.1, -0.05) is 0 Å². The van der Waals surface area contributed by atoms with Gasteiger partial charge in [-0.15, -0.1) is 0 Å². The predicted molar refractivity (Wildman–Crippen MR) is 101 cm³/mol. The average Bonchev–Trinajstić information content (AvgIpc) is 2.66. The van der Waals surface area contributed by atoms with Crippen molar-refractivity contribution < 1.29 is 26.5 Å². The molecule has 0 saturated carbocycles. The molecule has 1 aromatic rings. The summed E-state index contributed by atoms with van der Waals surface area (Å²) in [6, 6.07) is 2.81. The highest BCUT2D eigenvalue weighted by Crippen LogP contribution is 2.36. The van der Waals surface area contributed by atoms with E-state index >= 15 is 0 Å². The summed E-state index contributed by atoms with van der Waals surface area (Å²) in [5, 5.41) is 11.4. The van der Waals surface area contributed by atoms with E-state index in [2.05, 4.69) is 16.8 Å². The van der Waals surface area contributed by atoms with Crippen molar-refractivity contribution >= 4 is 21.2 Å². The van der Waals surface area contributed by atoms with Gasteiger partial charge >= 0.3 is 5.51 Å². The number of hydrogen-bond donors (Lipinski definition) is 0. The van der Waals surface area contributed by atoms with Crippen molar-refractivity contribution in [1.82, 2.24) is 9.80 Å². The smallest absolute Gasteiger partial charge is 0.363 e. The fraction of sp³-hybridized carbons (Fsp3) is 0.647. The molecule has 29 heavy (non-hydrogen) atoms. The molecular formula is C17H23F3N4O4S. The zero-order valence-corrected chi connectivity index (χ0v) is 16.7. The molecule has 1 unspecified atom stereocenters. The molecule has 0 bridgehead atoms. The zero-order valence-electron chi connectivity index (χ0n) is 15.9. The number of nitro groups is 1. The van der Waals surface area contributed by atoms with Crippen LogP contribution in [0.25, 0.3) is 0 Å². The molecule has 1 aromatic carbocycles. The minimum absolute atomic E-state index is 0.136. The third kappa shape index (κ3) is 4.48. The summed E-state index contributed by atoms with van der Waals surface area (Å²) < 4.78 is 61.5. The van der Waals surface area contributed by atoms with Crippen LogP contribution < -0.4 is 4.90 Å². The molecule has 3 rings (SSSR count). The maximum Gasteiger partial charge on any atom is 0.501 e. The van der Waals surface area contributed by atoms with Gasteiger partial charge in [0.2, 0.25) is 0 Å². The Kier molecular flexibility index (Phi) is 6.06. The van der Waals surface area contributed by atoms with Gasteiger partial charge in [0, 0.05) is 44.8 Å². The third-order valence-electron chi connectivity index (χ3n) is 5.53. The van der Waals surface area contributed by atoms with Gasteiger partial charge in [-0.2, -0.15) is 13.2 Å². The molecule has 2 heterocycles. The topological polar surface area (TPSA) is 87.0 Å². The van der Waals surface area contributed by atoms with Gasteiger partial charge in [-0.3, -0.25) is 15.0 Å². The van der Waals surface area contributed by atoms with Gasteiger partial charge in [0.15, 0.2) is 0 Å². The Bertz CT molecular complexity index is 870. The minimum atomic E-state index is -5.64. The molecule has 0 aliphatic carbocycles. The first kappa shape index (κ1) is 21.8. The Balaban J connectivity index is 1.78. The molecule has 0 aromatic heterocycles. The maximum atomic E-state index is 12.8. The van der Waals surface area contributed by atoms with Gasteiger partial charge in [0.25, 0.3) is 15.5 Å². The highest BCUT2D eigenvalue weighted by Gasteiger charge is 2.47. The normalized spacial score (nSPS) is 22.6. The van der Waals surface area contributed by atoms with Crippen molar-refractivity contribution in [2.45, 2.75) is 29.3 Å². The molecule has 8 nitrogen and oxygen atoms in total. The average molecular weight is 436 g/mol. The molecule has 162 valence electrons. The van der Waals surface area contributed by atoms with Crippen molar-refractivity contribution in [3.8, 4) is 0 Å². The fourth-order valence-electron chi connectivity index (χ4n) is 3.98. The molecule has 2 saturated heterocycles. The lowest BCUT2D eigenvalue weighted by atomic mass is 10.0. The van der Waals surface area contributed by atoms with Crippen LogP contribution in [0, 0.1) is 10.1 Å². The van der Waals surface area contributed by atoms with Crippen LogP contribution in [0.3, 0.4) is 0 Å². The highest BCUT2D eigenvalue weighted by molar-refractivity contribution is 7.92. The molecule has 0 amide bonds. The first-order valence-electron chi connectivity index (χ1n) is 9.28. The Morgan fingerprint density at radius 1 is 1.14 bits per heavy atom. The largest absolute Gasteiger partial charge is 0.501 e. The van der Waals surface area contributed by atoms with E-state index in [0.29, 0.717) is 38.3 Å². The van der Waals surface area contributed by atoms with Gasteiger partial charge < -0.3 is 9.80 Å². The van der Waals surface area contributed by atoms with E-state index in [-0.39, 0.29) is 5.69 Å². The molecule has 2 aliphatic heterocycles. The zero-order chi connectivity index (χ0) is 21.4. The van der Waals surface area contributed by atoms with Gasteiger partial charge in [-0.25, -0.2) is 8.42 Å². The summed E-state index contributed by atoms with van der Waals surface area (Å²) >= 11 is 0. The van der Waals surface area contributed by atoms with Crippen LogP contribution in [-0.4, -0.2) is 81.0 Å². The Hall–Kier alpha value is -1.92. The number of likely N-dealkylation sites (tertiary alicyclic amines) is 1. The summed E-state index contributed by atoms with van der Waals surface area (Å²) in [7, 11) is -3.57. The van der Waals surface area contributed by atoms with Crippen LogP contribution in [0.4, 0.5) is 24.5 Å². The molecule has 0 radical (unpaired) electrons. The van der Waals surface area contributed by atoms with E-state index in [0.717, 1.165) is 38.1 Å². The number of halogens is 3. The predicted octanol–water partition coefficient (Wildman–Crippen LogP) is 2.10. The standard InChI is InChI=1S/C17H23F3N4O4S/c1-21-6-2-3-13(12-21)22-7-9-23(10-8-22)15-5-4-14(11-16(15)24(25)26)29(27,28)17(18,19)20/h4-5,11,13H,2-3,6-10,12H2,1H3. The minimum Gasteiger partial charge on any atom is -0.363 e. The monoisotopic (exact) mass is 436 g/mol. The van der Waals surface area contributed by atoms with Crippen molar-refractivity contribution in [1.29, 1.82) is 0 Å². The summed E-state index contributed by atoms with van der Waals surface area (Å²) in [6.45, 7) is 4.34. The Labute approximate surface area is 166 Å². The summed E-state index contributed by atoms with van der Waals surface area (Å²) in [4.78, 5) is 15.8. The fourth-order valence-corrected chi connectivity index (χ4v) is 4.76. The highest BCUT2D eigenvalue weighted by atomic mass is 32.2. The van der Waals surface area contributed by atoms with Crippen LogP contribution in [0.2, 0.25) is 0 Å². The van der Waals surface area contributed by atoms with E-state index in [4.69, 9.17) is 0 Å². The number of piperazine rings is 1. The number of nitrogens with zero attached hydrogens (tertiary/aromatic N) is 4. The van der Waals surface area contributed by atoms with E-state index < -0.39 is 30.9 Å². The second-order valence-corrected chi connectivity index (χ2v) is 9.38. The van der Waals surface area contributed by atoms with Crippen LogP contribution in [0.5, 0.6) is 0 Å². The number of rotatable bonds is 4. The first-order valence-corrected chi connectivity index (χ1v) is 10.8. The molecule has 2 fully saturated rings. The van der Waals surface area contributed by atoms with Crippen LogP contribution in [-0.2, 0) is 9.84 Å². The molecule has 1 atom stereocenters. The van der Waals surface area contributed by atoms with E-state index in [1.54, 1.807) is 4.90 Å². The van der Waals surface area contributed by atoms with Crippen LogP contribution >= 0.6 is 0 Å². The summed E-state index contributed by atoms with van der Waals surface area (Å²) in [5.41, 5.74) is -6.01. The lowest BCUT2D eigenvalue weighted by molar-refractivity contribution is -0.384. The van der Waals surface area contributed by atoms with Crippen LogP contribution in [0.15, 0.2) is 23.1 Å². The lowest BCUT2D eigenvalue weighted by Crippen LogP contribution is -2.54. The van der Waals surface area contributed by atoms with Gasteiger partial charge in [-0.05, 0) is 38.6 Å². The molecular weight excluding hydrogens is 413 g/mol. The van der Waals surface area contributed by atoms with Gasteiger partial charge in [0.1, 0.15) is 5.69 Å². The van der Waals surface area contributed by atoms with E-state index in [1.807, 2.05) is 0 Å². The first-order chi connectivity index (χ1) is 13.5. The van der Waals surface area contributed by atoms with Crippen molar-refractivity contribution in [3.05, 3.63) is 28.3 Å². The van der Waals surface area contributed by atoms with Crippen molar-refractivity contribution in [3.63, 3.8) is 0 Å². The van der Waals surface area contributed by atoms with Crippen molar-refractivity contribution in [2.24, 2.45) is 0 Å². The number of likely N-dealkylation sites (N-methyl/N-ethyl adjacent to an activating group) is 1. The van der Waals surface area contributed by atoms with Crippen molar-refractivity contribution in [2.75, 3.05) is 51.2 Å². The maximum absolute atomic E-state index is 12.8. The number of benzene rings is 1. The Morgan fingerprint density at radius 3 is 2.34 bits per heavy atom. The van der Waals surface area contributed by atoms with E-state index in [1.165, 1.54) is 0 Å². The SMILES string of the molecule is CN1CCCC(N2CCN(c3ccc(S(=O)(=O)C(F)(F)F)cc3[N+](=O)[O-])CC2)C1. The van der Waals surface area contributed by atoms with Crippen LogP contribution in [0.1, 0.15) is 12.8 Å². The van der Waals surface area contributed by atoms with E-state index in [9.17, 15) is 31.7 Å². The number of anilines is 1. The van der Waals surface area contributed by atoms with Gasteiger partial charge in [0.05, 0.1) is 9.82 Å². The quantitative estimate of drug-likeness (QED) is 0.528. The Morgan fingerprint density at radius 2 is 1.79 bits per heavy atom. The molecule has 2 aliphatic rings. The molecule has 0 spiro atoms. The number of sulfone groups is 1. The number of alkyl halides is 3. The number of nitro benzene ring substituents is 1. The molecule has 0 N–H and O–H groups in total. The third-order valence-corrected chi connectivity index (χ3v) is 7.01. The number of piperidine rings is 1. The summed E-state index contributed by atoms with van der Waals surface area (Å²) in [6.07, 6.45) is 2.20. The number of hydrogen-bond acceptors (Lipinski definition) is 7. The molecule has 12 heteroatoms. The summed E-state index contributed by atoms with van der Waals surface area (Å²) in [5.74, 6) is 0.